The quantitative estimate of drug-likeness (QED) is 0.563. The van der Waals surface area contributed by atoms with Crippen LogP contribution in [0.5, 0.6) is 0 Å². The molecule has 6 heteroatoms. The van der Waals surface area contributed by atoms with Gasteiger partial charge in [-0.3, -0.25) is 15.4 Å². The molecule has 0 unspecified atom stereocenters. The first-order valence-corrected chi connectivity index (χ1v) is 7.78. The summed E-state index contributed by atoms with van der Waals surface area (Å²) in [5.74, 6) is 0. The first-order chi connectivity index (χ1) is 11.6. The molecule has 3 heterocycles. The maximum atomic E-state index is 8.53. The minimum atomic E-state index is 0.361. The zero-order chi connectivity index (χ0) is 17.1. The Bertz CT molecular complexity index is 932. The van der Waals surface area contributed by atoms with Crippen LogP contribution in [0.15, 0.2) is 48.9 Å². The van der Waals surface area contributed by atoms with Gasteiger partial charge in [0.2, 0.25) is 0 Å². The van der Waals surface area contributed by atoms with Crippen molar-refractivity contribution in [2.45, 2.75) is 6.92 Å². The van der Waals surface area contributed by atoms with Crippen LogP contribution in [-0.4, -0.2) is 27.7 Å². The fraction of sp³-hybridized carbons (Fsp3) is 0.111. The van der Waals surface area contributed by atoms with Crippen LogP contribution < -0.4 is 5.32 Å². The average molecular weight is 338 g/mol. The van der Waals surface area contributed by atoms with Crippen molar-refractivity contribution in [2.24, 2.45) is 0 Å². The largest absolute Gasteiger partial charge is 0.393 e. The fourth-order valence-corrected chi connectivity index (χ4v) is 2.50. The van der Waals surface area contributed by atoms with E-state index in [1.165, 1.54) is 0 Å². The van der Waals surface area contributed by atoms with Crippen molar-refractivity contribution < 1.29 is 0 Å². The number of nitrogens with one attached hydrogen (secondary N) is 2. The van der Waals surface area contributed by atoms with Crippen LogP contribution in [0.25, 0.3) is 16.6 Å². The standard InChI is InChI=1S/C18H16ClN5/c1-11-3-4-12(8-22-11)18(20)14(10-21-2)13-7-16-15(23-9-13)5-6-17(19)24-16/h3-10,20-21H,1-2H3/b14-10-,20-18?. The monoisotopic (exact) mass is 337 g/mol. The number of hydrogen-bond donors (Lipinski definition) is 2. The smallest absolute Gasteiger partial charge is 0.129 e. The molecular formula is C18H16ClN5. The van der Waals surface area contributed by atoms with E-state index < -0.39 is 0 Å². The second-order valence-electron chi connectivity index (χ2n) is 5.31. The molecular weight excluding hydrogens is 322 g/mol. The SMILES string of the molecule is CN/C=C(\C(=N)c1ccc(C)nc1)c1cnc2ccc(Cl)nc2c1. The van der Waals surface area contributed by atoms with Crippen molar-refractivity contribution in [3.63, 3.8) is 0 Å². The summed E-state index contributed by atoms with van der Waals surface area (Å²) in [5, 5.41) is 11.9. The first-order valence-electron chi connectivity index (χ1n) is 7.40. The van der Waals surface area contributed by atoms with Crippen LogP contribution in [0.2, 0.25) is 5.15 Å². The lowest BCUT2D eigenvalue weighted by molar-refractivity contribution is 1.11. The number of aromatic nitrogens is 3. The Morgan fingerprint density at radius 1 is 1.08 bits per heavy atom. The van der Waals surface area contributed by atoms with Crippen molar-refractivity contribution in [3.05, 3.63) is 70.9 Å². The molecule has 0 radical (unpaired) electrons. The topological polar surface area (TPSA) is 74.6 Å². The van der Waals surface area contributed by atoms with Crippen LogP contribution in [0, 0.1) is 12.3 Å². The maximum absolute atomic E-state index is 8.53. The third-order valence-electron chi connectivity index (χ3n) is 3.57. The van der Waals surface area contributed by atoms with Crippen LogP contribution >= 0.6 is 11.6 Å². The molecule has 0 saturated carbocycles. The van der Waals surface area contributed by atoms with E-state index in [4.69, 9.17) is 17.0 Å². The highest BCUT2D eigenvalue weighted by Crippen LogP contribution is 2.22. The number of fused-ring (bicyclic) bond motifs is 1. The number of rotatable bonds is 4. The van der Waals surface area contributed by atoms with Gasteiger partial charge in [0, 0.05) is 48.0 Å². The summed E-state index contributed by atoms with van der Waals surface area (Å²) in [6.07, 6.45) is 5.21. The number of nitrogens with zero attached hydrogens (tertiary/aromatic N) is 3. The van der Waals surface area contributed by atoms with Crippen molar-refractivity contribution in [3.8, 4) is 0 Å². The number of allylic oxidation sites excluding steroid dienone is 1. The molecule has 2 N–H and O–H groups in total. The van der Waals surface area contributed by atoms with Gasteiger partial charge in [0.1, 0.15) is 5.15 Å². The van der Waals surface area contributed by atoms with Crippen LogP contribution in [-0.2, 0) is 0 Å². The molecule has 24 heavy (non-hydrogen) atoms. The van der Waals surface area contributed by atoms with E-state index in [1.807, 2.05) is 31.2 Å². The van der Waals surface area contributed by atoms with Crippen molar-refractivity contribution >= 4 is 33.9 Å². The van der Waals surface area contributed by atoms with E-state index in [2.05, 4.69) is 20.3 Å². The Hall–Kier alpha value is -2.79. The predicted octanol–water partition coefficient (Wildman–Crippen LogP) is 3.61. The van der Waals surface area contributed by atoms with Gasteiger partial charge in [-0.25, -0.2) is 4.98 Å². The van der Waals surface area contributed by atoms with E-state index in [9.17, 15) is 0 Å². The molecule has 0 aliphatic rings. The molecule has 0 atom stereocenters. The molecule has 0 fully saturated rings. The highest BCUT2D eigenvalue weighted by atomic mass is 35.5. The highest BCUT2D eigenvalue weighted by molar-refractivity contribution is 6.30. The number of hydrogen-bond acceptors (Lipinski definition) is 5. The number of aryl methyl sites for hydroxylation is 1. The second-order valence-corrected chi connectivity index (χ2v) is 5.69. The molecule has 0 aromatic carbocycles. The summed E-state index contributed by atoms with van der Waals surface area (Å²) in [4.78, 5) is 13.0. The first kappa shape index (κ1) is 16.1. The third-order valence-corrected chi connectivity index (χ3v) is 3.78. The van der Waals surface area contributed by atoms with Gasteiger partial charge >= 0.3 is 0 Å². The minimum absolute atomic E-state index is 0.361. The molecule has 120 valence electrons. The molecule has 0 spiro atoms. The van der Waals surface area contributed by atoms with Gasteiger partial charge in [-0.15, -0.1) is 0 Å². The highest BCUT2D eigenvalue weighted by Gasteiger charge is 2.13. The molecule has 0 aliphatic heterocycles. The van der Waals surface area contributed by atoms with Crippen molar-refractivity contribution in [2.75, 3.05) is 7.05 Å². The lowest BCUT2D eigenvalue weighted by atomic mass is 9.98. The van der Waals surface area contributed by atoms with Crippen LogP contribution in [0.1, 0.15) is 16.8 Å². The number of halogens is 1. The summed E-state index contributed by atoms with van der Waals surface area (Å²) in [5.41, 5.74) is 4.96. The van der Waals surface area contributed by atoms with E-state index in [0.717, 1.165) is 22.3 Å². The fourth-order valence-electron chi connectivity index (χ4n) is 2.34. The van der Waals surface area contributed by atoms with E-state index >= 15 is 0 Å². The van der Waals surface area contributed by atoms with Gasteiger partial charge < -0.3 is 5.32 Å². The summed E-state index contributed by atoms with van der Waals surface area (Å²) >= 11 is 5.97. The Kier molecular flexibility index (Phi) is 4.53. The Morgan fingerprint density at radius 2 is 1.88 bits per heavy atom. The van der Waals surface area contributed by atoms with E-state index in [0.29, 0.717) is 22.0 Å². The van der Waals surface area contributed by atoms with Gasteiger partial charge in [-0.2, -0.15) is 0 Å². The van der Waals surface area contributed by atoms with Crippen molar-refractivity contribution in [1.29, 1.82) is 5.41 Å². The molecule has 3 aromatic heterocycles. The van der Waals surface area contributed by atoms with Crippen LogP contribution in [0.4, 0.5) is 0 Å². The summed E-state index contributed by atoms with van der Waals surface area (Å²) < 4.78 is 0. The van der Waals surface area contributed by atoms with Gasteiger partial charge in [-0.05, 0) is 37.3 Å². The third kappa shape index (κ3) is 3.26. The Morgan fingerprint density at radius 3 is 2.58 bits per heavy atom. The Labute approximate surface area is 145 Å². The predicted molar refractivity (Wildman–Crippen MR) is 97.4 cm³/mol. The lowest BCUT2D eigenvalue weighted by Gasteiger charge is -2.11. The van der Waals surface area contributed by atoms with Crippen LogP contribution in [0.3, 0.4) is 0 Å². The molecule has 0 saturated heterocycles. The summed E-state index contributed by atoms with van der Waals surface area (Å²) in [6.45, 7) is 1.92. The van der Waals surface area contributed by atoms with Gasteiger partial charge in [0.15, 0.2) is 0 Å². The number of pyridine rings is 3. The zero-order valence-corrected chi connectivity index (χ0v) is 14.1. The second kappa shape index (κ2) is 6.76. The molecule has 3 aromatic rings. The maximum Gasteiger partial charge on any atom is 0.129 e. The minimum Gasteiger partial charge on any atom is -0.393 e. The molecule has 5 nitrogen and oxygen atoms in total. The van der Waals surface area contributed by atoms with E-state index in [1.54, 1.807) is 31.7 Å². The lowest BCUT2D eigenvalue weighted by Crippen LogP contribution is -2.08. The van der Waals surface area contributed by atoms with Crippen molar-refractivity contribution in [1.82, 2.24) is 20.3 Å². The average Bonchev–Trinajstić information content (AvgIpc) is 2.59. The molecule has 0 amide bonds. The zero-order valence-electron chi connectivity index (χ0n) is 13.3. The Balaban J connectivity index is 2.06. The molecule has 3 rings (SSSR count). The van der Waals surface area contributed by atoms with Gasteiger partial charge in [0.25, 0.3) is 0 Å². The molecule has 0 aliphatic carbocycles. The van der Waals surface area contributed by atoms with Gasteiger partial charge in [-0.1, -0.05) is 11.6 Å². The summed E-state index contributed by atoms with van der Waals surface area (Å²) in [7, 11) is 1.80. The normalized spacial score (nSPS) is 11.5. The summed E-state index contributed by atoms with van der Waals surface area (Å²) in [6, 6.07) is 9.19. The van der Waals surface area contributed by atoms with Gasteiger partial charge in [0.05, 0.1) is 16.7 Å². The van der Waals surface area contributed by atoms with E-state index in [-0.39, 0.29) is 0 Å². The molecule has 0 bridgehead atoms.